The maximum absolute atomic E-state index is 10.6. The highest BCUT2D eigenvalue weighted by molar-refractivity contribution is 5.74. The van der Waals surface area contributed by atoms with Crippen LogP contribution in [0.15, 0.2) is 11.1 Å². The molecule has 1 nitrogen and oxygen atoms in total. The van der Waals surface area contributed by atoms with Crippen LogP contribution in [0.5, 0.6) is 0 Å². The average molecular weight is 168 g/mol. The van der Waals surface area contributed by atoms with Gasteiger partial charge >= 0.3 is 0 Å². The predicted octanol–water partition coefficient (Wildman–Crippen LogP) is 3.49. The molecule has 0 aliphatic rings. The molecule has 0 rings (SSSR count). The van der Waals surface area contributed by atoms with Gasteiger partial charge in [0.05, 0.1) is 0 Å². The Balaban J connectivity index is 3.91. The van der Waals surface area contributed by atoms with Crippen LogP contribution in [0.3, 0.4) is 0 Å². The summed E-state index contributed by atoms with van der Waals surface area (Å²) in [4.78, 5) is 10.6. The van der Waals surface area contributed by atoms with E-state index < -0.39 is 0 Å². The lowest BCUT2D eigenvalue weighted by Gasteiger charge is -2.03. The van der Waals surface area contributed by atoms with E-state index in [0.29, 0.717) is 0 Å². The van der Waals surface area contributed by atoms with Gasteiger partial charge in [-0.1, -0.05) is 32.3 Å². The molecule has 0 saturated carbocycles. The Morgan fingerprint density at radius 3 is 2.33 bits per heavy atom. The van der Waals surface area contributed by atoms with Gasteiger partial charge in [-0.15, -0.1) is 0 Å². The van der Waals surface area contributed by atoms with E-state index in [-0.39, 0.29) is 0 Å². The Morgan fingerprint density at radius 1 is 1.25 bits per heavy atom. The number of hydrogen-bond donors (Lipinski definition) is 0. The van der Waals surface area contributed by atoms with E-state index >= 15 is 0 Å². The van der Waals surface area contributed by atoms with Crippen LogP contribution in [-0.2, 0) is 4.79 Å². The van der Waals surface area contributed by atoms with Gasteiger partial charge in [0.25, 0.3) is 0 Å². The van der Waals surface area contributed by atoms with Gasteiger partial charge in [-0.2, -0.15) is 0 Å². The van der Waals surface area contributed by atoms with Crippen LogP contribution < -0.4 is 0 Å². The van der Waals surface area contributed by atoms with E-state index in [0.717, 1.165) is 31.1 Å². The van der Waals surface area contributed by atoms with E-state index in [1.54, 1.807) is 0 Å². The van der Waals surface area contributed by atoms with Gasteiger partial charge in [0, 0.05) is 0 Å². The molecule has 0 aromatic heterocycles. The van der Waals surface area contributed by atoms with Crippen molar-refractivity contribution in [2.75, 3.05) is 0 Å². The molecular weight excluding hydrogens is 148 g/mol. The first-order valence-corrected chi connectivity index (χ1v) is 4.90. The van der Waals surface area contributed by atoms with Crippen LogP contribution in [0.1, 0.15) is 52.9 Å². The van der Waals surface area contributed by atoms with Crippen molar-refractivity contribution in [2.24, 2.45) is 0 Å². The molecule has 0 amide bonds. The standard InChI is InChI=1S/C11H20O/c1-4-6-7-8-11(9-12)10(3)5-2/h9H,4-8H2,1-3H3. The number of carbonyl (C=O) groups is 1. The van der Waals surface area contributed by atoms with E-state index in [2.05, 4.69) is 20.8 Å². The Morgan fingerprint density at radius 2 is 1.92 bits per heavy atom. The molecule has 0 aliphatic carbocycles. The summed E-state index contributed by atoms with van der Waals surface area (Å²) in [7, 11) is 0. The third kappa shape index (κ3) is 4.32. The maximum Gasteiger partial charge on any atom is 0.145 e. The van der Waals surface area contributed by atoms with Crippen molar-refractivity contribution in [3.63, 3.8) is 0 Å². The second-order valence-electron chi connectivity index (χ2n) is 3.23. The van der Waals surface area contributed by atoms with Gasteiger partial charge in [-0.25, -0.2) is 0 Å². The SMILES string of the molecule is CCCCCC(C=O)=C(C)CC. The van der Waals surface area contributed by atoms with Crippen molar-refractivity contribution in [1.29, 1.82) is 0 Å². The van der Waals surface area contributed by atoms with Crippen LogP contribution in [0, 0.1) is 0 Å². The minimum absolute atomic E-state index is 0.969. The Kier molecular flexibility index (Phi) is 6.73. The van der Waals surface area contributed by atoms with E-state index in [1.165, 1.54) is 18.4 Å². The largest absolute Gasteiger partial charge is 0.298 e. The molecule has 0 radical (unpaired) electrons. The molecule has 70 valence electrons. The highest BCUT2D eigenvalue weighted by Gasteiger charge is 1.98. The summed E-state index contributed by atoms with van der Waals surface area (Å²) in [5.41, 5.74) is 2.27. The first-order valence-electron chi connectivity index (χ1n) is 4.90. The third-order valence-corrected chi connectivity index (χ3v) is 2.27. The predicted molar refractivity (Wildman–Crippen MR) is 53.2 cm³/mol. The smallest absolute Gasteiger partial charge is 0.145 e. The van der Waals surface area contributed by atoms with Crippen LogP contribution in [0.2, 0.25) is 0 Å². The van der Waals surface area contributed by atoms with Gasteiger partial charge in [-0.05, 0) is 31.8 Å². The number of hydrogen-bond acceptors (Lipinski definition) is 1. The lowest BCUT2D eigenvalue weighted by atomic mass is 10.0. The van der Waals surface area contributed by atoms with Crippen molar-refractivity contribution in [1.82, 2.24) is 0 Å². The van der Waals surface area contributed by atoms with Crippen molar-refractivity contribution in [3.05, 3.63) is 11.1 Å². The zero-order chi connectivity index (χ0) is 9.40. The lowest BCUT2D eigenvalue weighted by molar-refractivity contribution is -0.105. The zero-order valence-corrected chi connectivity index (χ0v) is 8.52. The quantitative estimate of drug-likeness (QED) is 0.337. The van der Waals surface area contributed by atoms with Crippen LogP contribution in [0.25, 0.3) is 0 Å². The molecule has 0 N–H and O–H groups in total. The molecular formula is C11H20O. The molecule has 0 atom stereocenters. The summed E-state index contributed by atoms with van der Waals surface area (Å²) >= 11 is 0. The molecule has 0 aromatic carbocycles. The topological polar surface area (TPSA) is 17.1 Å². The third-order valence-electron chi connectivity index (χ3n) is 2.27. The van der Waals surface area contributed by atoms with Crippen LogP contribution in [-0.4, -0.2) is 6.29 Å². The Hall–Kier alpha value is -0.590. The minimum Gasteiger partial charge on any atom is -0.298 e. The minimum atomic E-state index is 0.969. The van der Waals surface area contributed by atoms with Crippen molar-refractivity contribution in [3.8, 4) is 0 Å². The number of aldehydes is 1. The van der Waals surface area contributed by atoms with Crippen LogP contribution >= 0.6 is 0 Å². The van der Waals surface area contributed by atoms with Crippen LogP contribution in [0.4, 0.5) is 0 Å². The Labute approximate surface area is 75.9 Å². The normalized spacial score (nSPS) is 12.6. The molecule has 0 unspecified atom stereocenters. The van der Waals surface area contributed by atoms with Gasteiger partial charge in [-0.3, -0.25) is 4.79 Å². The maximum atomic E-state index is 10.6. The fraction of sp³-hybridized carbons (Fsp3) is 0.727. The summed E-state index contributed by atoms with van der Waals surface area (Å²) in [5, 5.41) is 0. The highest BCUT2D eigenvalue weighted by atomic mass is 16.1. The first kappa shape index (κ1) is 11.4. The van der Waals surface area contributed by atoms with Crippen molar-refractivity contribution >= 4 is 6.29 Å². The summed E-state index contributed by atoms with van der Waals surface area (Å²) in [6, 6.07) is 0. The summed E-state index contributed by atoms with van der Waals surface area (Å²) in [5.74, 6) is 0. The molecule has 0 heterocycles. The fourth-order valence-corrected chi connectivity index (χ4v) is 1.17. The molecule has 0 saturated heterocycles. The number of carbonyl (C=O) groups excluding carboxylic acids is 1. The van der Waals surface area contributed by atoms with Crippen molar-refractivity contribution in [2.45, 2.75) is 52.9 Å². The average Bonchev–Trinajstić information content (AvgIpc) is 2.11. The lowest BCUT2D eigenvalue weighted by Crippen LogP contribution is -1.90. The van der Waals surface area contributed by atoms with Crippen molar-refractivity contribution < 1.29 is 4.79 Å². The highest BCUT2D eigenvalue weighted by Crippen LogP contribution is 2.13. The molecule has 0 bridgehead atoms. The van der Waals surface area contributed by atoms with Gasteiger partial charge in [0.1, 0.15) is 6.29 Å². The van der Waals surface area contributed by atoms with E-state index in [9.17, 15) is 4.79 Å². The van der Waals surface area contributed by atoms with E-state index in [4.69, 9.17) is 0 Å². The molecule has 0 fully saturated rings. The second kappa shape index (κ2) is 7.08. The fourth-order valence-electron chi connectivity index (χ4n) is 1.17. The van der Waals surface area contributed by atoms with E-state index in [1.807, 2.05) is 0 Å². The molecule has 0 aromatic rings. The van der Waals surface area contributed by atoms with Gasteiger partial charge in [0.15, 0.2) is 0 Å². The number of unbranched alkanes of at least 4 members (excludes halogenated alkanes) is 2. The monoisotopic (exact) mass is 168 g/mol. The summed E-state index contributed by atoms with van der Waals surface area (Å²) < 4.78 is 0. The molecule has 12 heavy (non-hydrogen) atoms. The first-order chi connectivity index (χ1) is 5.76. The summed E-state index contributed by atoms with van der Waals surface area (Å²) in [6.07, 6.45) is 6.60. The second-order valence-corrected chi connectivity index (χ2v) is 3.23. The Bertz CT molecular complexity index is 156. The van der Waals surface area contributed by atoms with Gasteiger partial charge in [0.2, 0.25) is 0 Å². The molecule has 0 spiro atoms. The number of allylic oxidation sites excluding steroid dienone is 2. The number of rotatable bonds is 6. The molecule has 1 heteroatoms. The molecule has 0 aliphatic heterocycles. The summed E-state index contributed by atoms with van der Waals surface area (Å²) in [6.45, 7) is 6.32. The van der Waals surface area contributed by atoms with Gasteiger partial charge < -0.3 is 0 Å². The zero-order valence-electron chi connectivity index (χ0n) is 8.52.